The highest BCUT2D eigenvalue weighted by Crippen LogP contribution is 2.11. The standard InChI is InChI=1S/C10H9N3O3/c1-16-10(15)7-4-6(2-3-8(11)14)5-13-9(7)12/h4-5H,1H3,(H2,11,14)(H2,12,13). The second-order valence-electron chi connectivity index (χ2n) is 2.76. The van der Waals surface area contributed by atoms with E-state index in [0.717, 1.165) is 0 Å². The molecule has 4 N–H and O–H groups in total. The number of aromatic nitrogens is 1. The Morgan fingerprint density at radius 3 is 2.75 bits per heavy atom. The first-order valence-corrected chi connectivity index (χ1v) is 4.20. The van der Waals surface area contributed by atoms with Gasteiger partial charge in [0.2, 0.25) is 0 Å². The summed E-state index contributed by atoms with van der Waals surface area (Å²) >= 11 is 0. The predicted octanol–water partition coefficient (Wildman–Crippen LogP) is -0.713. The molecule has 0 radical (unpaired) electrons. The van der Waals surface area contributed by atoms with Gasteiger partial charge in [0.1, 0.15) is 11.4 Å². The summed E-state index contributed by atoms with van der Waals surface area (Å²) in [6.45, 7) is 0. The van der Waals surface area contributed by atoms with Gasteiger partial charge in [-0.15, -0.1) is 0 Å². The van der Waals surface area contributed by atoms with Crippen molar-refractivity contribution >= 4 is 17.7 Å². The highest BCUT2D eigenvalue weighted by molar-refractivity contribution is 5.95. The highest BCUT2D eigenvalue weighted by Gasteiger charge is 2.11. The lowest BCUT2D eigenvalue weighted by molar-refractivity contribution is -0.112. The smallest absolute Gasteiger partial charge is 0.341 e. The molecule has 0 saturated heterocycles. The zero-order valence-electron chi connectivity index (χ0n) is 8.48. The van der Waals surface area contributed by atoms with Gasteiger partial charge in [-0.1, -0.05) is 5.92 Å². The molecule has 82 valence electrons. The van der Waals surface area contributed by atoms with E-state index < -0.39 is 11.9 Å². The minimum Gasteiger partial charge on any atom is -0.465 e. The van der Waals surface area contributed by atoms with Crippen LogP contribution in [-0.2, 0) is 9.53 Å². The number of hydrogen-bond acceptors (Lipinski definition) is 5. The molecule has 0 fully saturated rings. The Hall–Kier alpha value is -2.55. The van der Waals surface area contributed by atoms with Gasteiger partial charge in [0.15, 0.2) is 0 Å². The maximum Gasteiger partial charge on any atom is 0.341 e. The molecular formula is C10H9N3O3. The Labute approximate surface area is 91.6 Å². The summed E-state index contributed by atoms with van der Waals surface area (Å²) in [5, 5.41) is 0. The number of primary amides is 1. The lowest BCUT2D eigenvalue weighted by Gasteiger charge is -2.02. The molecule has 0 aliphatic heterocycles. The third-order valence-corrected chi connectivity index (χ3v) is 1.65. The first-order chi connectivity index (χ1) is 7.54. The minimum atomic E-state index is -0.767. The molecule has 1 rings (SSSR count). The number of hydrogen-bond donors (Lipinski definition) is 2. The Kier molecular flexibility index (Phi) is 3.45. The first-order valence-electron chi connectivity index (χ1n) is 4.20. The van der Waals surface area contributed by atoms with Crippen LogP contribution in [0.15, 0.2) is 12.3 Å². The molecule has 0 aliphatic rings. The number of pyridine rings is 1. The van der Waals surface area contributed by atoms with Crippen molar-refractivity contribution in [1.82, 2.24) is 4.98 Å². The van der Waals surface area contributed by atoms with Crippen LogP contribution in [0, 0.1) is 11.8 Å². The van der Waals surface area contributed by atoms with E-state index in [1.54, 1.807) is 0 Å². The average Bonchev–Trinajstić information content (AvgIpc) is 2.27. The lowest BCUT2D eigenvalue weighted by Crippen LogP contribution is -2.08. The quantitative estimate of drug-likeness (QED) is 0.479. The number of methoxy groups -OCH3 is 1. The Bertz CT molecular complexity index is 500. The normalized spacial score (nSPS) is 8.81. The molecule has 1 aromatic heterocycles. The molecule has 0 unspecified atom stereocenters. The number of rotatable bonds is 1. The highest BCUT2D eigenvalue weighted by atomic mass is 16.5. The molecule has 6 nitrogen and oxygen atoms in total. The van der Waals surface area contributed by atoms with Crippen molar-refractivity contribution in [1.29, 1.82) is 0 Å². The van der Waals surface area contributed by atoms with E-state index in [1.165, 1.54) is 19.4 Å². The van der Waals surface area contributed by atoms with Gasteiger partial charge in [-0.25, -0.2) is 9.78 Å². The van der Waals surface area contributed by atoms with Gasteiger partial charge in [0.25, 0.3) is 5.91 Å². The van der Waals surface area contributed by atoms with E-state index in [0.29, 0.717) is 5.56 Å². The van der Waals surface area contributed by atoms with E-state index in [1.807, 2.05) is 0 Å². The number of esters is 1. The van der Waals surface area contributed by atoms with Gasteiger partial charge in [0, 0.05) is 17.7 Å². The molecule has 0 spiro atoms. The van der Waals surface area contributed by atoms with Crippen LogP contribution in [0.1, 0.15) is 15.9 Å². The number of nitrogen functional groups attached to an aromatic ring is 1. The van der Waals surface area contributed by atoms with Crippen molar-refractivity contribution < 1.29 is 14.3 Å². The fourth-order valence-electron chi connectivity index (χ4n) is 0.951. The van der Waals surface area contributed by atoms with Crippen LogP contribution in [0.2, 0.25) is 0 Å². The van der Waals surface area contributed by atoms with Crippen LogP contribution in [-0.4, -0.2) is 24.0 Å². The third-order valence-electron chi connectivity index (χ3n) is 1.65. The van der Waals surface area contributed by atoms with E-state index in [9.17, 15) is 9.59 Å². The van der Waals surface area contributed by atoms with Gasteiger partial charge in [-0.2, -0.15) is 0 Å². The maximum absolute atomic E-state index is 11.2. The minimum absolute atomic E-state index is 0.0384. The number of ether oxygens (including phenoxy) is 1. The van der Waals surface area contributed by atoms with Crippen molar-refractivity contribution in [3.05, 3.63) is 23.4 Å². The fraction of sp³-hybridized carbons (Fsp3) is 0.100. The summed E-state index contributed by atoms with van der Waals surface area (Å²) in [5.74, 6) is 3.22. The molecule has 0 aliphatic carbocycles. The fourth-order valence-corrected chi connectivity index (χ4v) is 0.951. The number of carbonyl (C=O) groups excluding carboxylic acids is 2. The van der Waals surface area contributed by atoms with Crippen molar-refractivity contribution in [2.75, 3.05) is 12.8 Å². The van der Waals surface area contributed by atoms with Crippen molar-refractivity contribution in [2.45, 2.75) is 0 Å². The number of carbonyl (C=O) groups is 2. The molecule has 1 heterocycles. The van der Waals surface area contributed by atoms with Crippen LogP contribution in [0.25, 0.3) is 0 Å². The molecule has 0 bridgehead atoms. The van der Waals surface area contributed by atoms with Gasteiger partial charge in [-0.05, 0) is 6.07 Å². The number of nitrogens with two attached hydrogens (primary N) is 2. The molecule has 1 amide bonds. The zero-order valence-corrected chi connectivity index (χ0v) is 8.48. The SMILES string of the molecule is COC(=O)c1cc(C#CC(N)=O)cnc1N. The van der Waals surface area contributed by atoms with Gasteiger partial charge in [0.05, 0.1) is 7.11 Å². The first kappa shape index (κ1) is 11.5. The Morgan fingerprint density at radius 1 is 1.50 bits per heavy atom. The van der Waals surface area contributed by atoms with Crippen LogP contribution >= 0.6 is 0 Å². The molecule has 0 atom stereocenters. The van der Waals surface area contributed by atoms with Crippen molar-refractivity contribution in [2.24, 2.45) is 5.73 Å². The summed E-state index contributed by atoms with van der Waals surface area (Å²) < 4.78 is 4.50. The number of nitrogens with zero attached hydrogens (tertiary/aromatic N) is 1. The number of amides is 1. The van der Waals surface area contributed by atoms with Crippen molar-refractivity contribution in [3.63, 3.8) is 0 Å². The molecule has 1 aromatic rings. The molecule has 0 aromatic carbocycles. The average molecular weight is 219 g/mol. The molecule has 0 saturated carbocycles. The molecule has 16 heavy (non-hydrogen) atoms. The third kappa shape index (κ3) is 2.72. The second-order valence-corrected chi connectivity index (χ2v) is 2.76. The summed E-state index contributed by atoms with van der Waals surface area (Å²) in [6.07, 6.45) is 1.33. The number of anilines is 1. The Balaban J connectivity index is 3.14. The lowest BCUT2D eigenvalue weighted by atomic mass is 10.2. The van der Waals surface area contributed by atoms with Crippen LogP contribution in [0.3, 0.4) is 0 Å². The van der Waals surface area contributed by atoms with Crippen LogP contribution in [0.5, 0.6) is 0 Å². The van der Waals surface area contributed by atoms with Crippen LogP contribution < -0.4 is 11.5 Å². The summed E-state index contributed by atoms with van der Waals surface area (Å²) in [6, 6.07) is 1.38. The second kappa shape index (κ2) is 4.79. The van der Waals surface area contributed by atoms with Gasteiger partial charge >= 0.3 is 5.97 Å². The van der Waals surface area contributed by atoms with E-state index in [4.69, 9.17) is 11.5 Å². The summed E-state index contributed by atoms with van der Waals surface area (Å²) in [5.41, 5.74) is 10.8. The molecular weight excluding hydrogens is 210 g/mol. The summed E-state index contributed by atoms with van der Waals surface area (Å²) in [7, 11) is 1.23. The Morgan fingerprint density at radius 2 is 2.19 bits per heavy atom. The van der Waals surface area contributed by atoms with Crippen LogP contribution in [0.4, 0.5) is 5.82 Å². The van der Waals surface area contributed by atoms with Crippen molar-refractivity contribution in [3.8, 4) is 11.8 Å². The van der Waals surface area contributed by atoms with Gasteiger partial charge < -0.3 is 16.2 Å². The monoisotopic (exact) mass is 219 g/mol. The predicted molar refractivity (Wildman–Crippen MR) is 56.1 cm³/mol. The topological polar surface area (TPSA) is 108 Å². The van der Waals surface area contributed by atoms with E-state index in [-0.39, 0.29) is 11.4 Å². The molecule has 6 heteroatoms. The van der Waals surface area contributed by atoms with E-state index in [2.05, 4.69) is 21.6 Å². The summed E-state index contributed by atoms with van der Waals surface area (Å²) in [4.78, 5) is 25.4. The largest absolute Gasteiger partial charge is 0.465 e. The van der Waals surface area contributed by atoms with Gasteiger partial charge in [-0.3, -0.25) is 4.79 Å². The maximum atomic E-state index is 11.2. The van der Waals surface area contributed by atoms with E-state index >= 15 is 0 Å². The zero-order chi connectivity index (χ0) is 12.1.